The van der Waals surface area contributed by atoms with Gasteiger partial charge in [0.2, 0.25) is 0 Å². The molecule has 0 radical (unpaired) electrons. The Hall–Kier alpha value is -1.49. The van der Waals surface area contributed by atoms with Gasteiger partial charge in [-0.3, -0.25) is 0 Å². The van der Waals surface area contributed by atoms with E-state index in [1.165, 1.54) is 6.07 Å². The molecule has 0 spiro atoms. The SMILES string of the molecule is CCn1cc(C(C)N)c2cccc(C(F)(F)F)c21. The van der Waals surface area contributed by atoms with Crippen LogP contribution in [-0.2, 0) is 12.7 Å². The number of aryl methyl sites for hydroxylation is 1. The van der Waals surface area contributed by atoms with Crippen molar-refractivity contribution in [3.05, 3.63) is 35.5 Å². The van der Waals surface area contributed by atoms with Crippen LogP contribution in [0.25, 0.3) is 10.9 Å². The van der Waals surface area contributed by atoms with E-state index >= 15 is 0 Å². The van der Waals surface area contributed by atoms with Gasteiger partial charge < -0.3 is 10.3 Å². The Kier molecular flexibility index (Phi) is 3.11. The molecule has 0 aliphatic heterocycles. The number of aromatic nitrogens is 1. The summed E-state index contributed by atoms with van der Waals surface area (Å²) in [6.07, 6.45) is -2.63. The van der Waals surface area contributed by atoms with Crippen molar-refractivity contribution in [3.63, 3.8) is 0 Å². The molecule has 1 aromatic heterocycles. The number of nitrogens with zero attached hydrogens (tertiary/aromatic N) is 1. The Balaban J connectivity index is 2.84. The van der Waals surface area contributed by atoms with Gasteiger partial charge in [-0.1, -0.05) is 12.1 Å². The molecule has 1 heterocycles. The number of hydrogen-bond acceptors (Lipinski definition) is 1. The van der Waals surface area contributed by atoms with E-state index in [-0.39, 0.29) is 11.6 Å². The van der Waals surface area contributed by atoms with Crippen LogP contribution in [0.1, 0.15) is 31.0 Å². The summed E-state index contributed by atoms with van der Waals surface area (Å²) in [6.45, 7) is 4.07. The highest BCUT2D eigenvalue weighted by Gasteiger charge is 2.34. The molecule has 1 atom stereocenters. The maximum Gasteiger partial charge on any atom is 0.418 e. The number of hydrogen-bond donors (Lipinski definition) is 1. The number of nitrogens with two attached hydrogens (primary N) is 1. The second-order valence-electron chi connectivity index (χ2n) is 4.36. The molecular weight excluding hydrogens is 241 g/mol. The molecule has 18 heavy (non-hydrogen) atoms. The second-order valence-corrected chi connectivity index (χ2v) is 4.36. The van der Waals surface area contributed by atoms with E-state index < -0.39 is 11.7 Å². The minimum atomic E-state index is -4.35. The summed E-state index contributed by atoms with van der Waals surface area (Å²) in [5, 5.41) is 0.585. The Labute approximate surface area is 103 Å². The van der Waals surface area contributed by atoms with Gasteiger partial charge in [0.25, 0.3) is 0 Å². The molecule has 0 aliphatic carbocycles. The van der Waals surface area contributed by atoms with Gasteiger partial charge in [0.05, 0.1) is 11.1 Å². The van der Waals surface area contributed by atoms with Crippen LogP contribution in [0.4, 0.5) is 13.2 Å². The number of halogens is 3. The number of alkyl halides is 3. The van der Waals surface area contributed by atoms with Gasteiger partial charge >= 0.3 is 6.18 Å². The predicted molar refractivity (Wildman–Crippen MR) is 65.2 cm³/mol. The van der Waals surface area contributed by atoms with E-state index in [1.54, 1.807) is 23.8 Å². The molecule has 2 nitrogen and oxygen atoms in total. The molecule has 1 aromatic carbocycles. The van der Waals surface area contributed by atoms with Crippen molar-refractivity contribution in [2.24, 2.45) is 5.73 Å². The molecule has 0 amide bonds. The van der Waals surface area contributed by atoms with E-state index in [9.17, 15) is 13.2 Å². The largest absolute Gasteiger partial charge is 0.418 e. The number of rotatable bonds is 2. The van der Waals surface area contributed by atoms with Crippen molar-refractivity contribution in [1.29, 1.82) is 0 Å². The smallest absolute Gasteiger partial charge is 0.347 e. The van der Waals surface area contributed by atoms with Crippen molar-refractivity contribution in [1.82, 2.24) is 4.57 Å². The molecule has 2 N–H and O–H groups in total. The minimum absolute atomic E-state index is 0.222. The van der Waals surface area contributed by atoms with Crippen molar-refractivity contribution in [3.8, 4) is 0 Å². The first kappa shape index (κ1) is 13.0. The molecule has 2 aromatic rings. The van der Waals surface area contributed by atoms with Crippen LogP contribution >= 0.6 is 0 Å². The summed E-state index contributed by atoms with van der Waals surface area (Å²) in [6, 6.07) is 3.94. The Morgan fingerprint density at radius 2 is 2.00 bits per heavy atom. The second kappa shape index (κ2) is 4.31. The summed E-state index contributed by atoms with van der Waals surface area (Å²) >= 11 is 0. The molecule has 0 saturated heterocycles. The lowest BCUT2D eigenvalue weighted by Crippen LogP contribution is -2.08. The molecule has 1 unspecified atom stereocenters. The van der Waals surface area contributed by atoms with Gasteiger partial charge in [0.1, 0.15) is 0 Å². The van der Waals surface area contributed by atoms with Crippen LogP contribution in [-0.4, -0.2) is 4.57 Å². The lowest BCUT2D eigenvalue weighted by atomic mass is 10.1. The summed E-state index contributed by atoms with van der Waals surface area (Å²) in [5.74, 6) is 0. The van der Waals surface area contributed by atoms with Crippen molar-refractivity contribution < 1.29 is 13.2 Å². The average molecular weight is 256 g/mol. The third kappa shape index (κ3) is 1.99. The van der Waals surface area contributed by atoms with Crippen LogP contribution in [0, 0.1) is 0 Å². The fraction of sp³-hybridized carbons (Fsp3) is 0.385. The summed E-state index contributed by atoms with van der Waals surface area (Å²) in [4.78, 5) is 0. The normalized spacial score (nSPS) is 14.1. The molecule has 0 fully saturated rings. The van der Waals surface area contributed by atoms with Crippen molar-refractivity contribution in [2.75, 3.05) is 0 Å². The van der Waals surface area contributed by atoms with Gasteiger partial charge in [0, 0.05) is 24.2 Å². The average Bonchev–Trinajstić information content (AvgIpc) is 2.66. The monoisotopic (exact) mass is 256 g/mol. The molecule has 0 bridgehead atoms. The zero-order valence-electron chi connectivity index (χ0n) is 10.3. The fourth-order valence-corrected chi connectivity index (χ4v) is 2.23. The lowest BCUT2D eigenvalue weighted by Gasteiger charge is -2.11. The van der Waals surface area contributed by atoms with Gasteiger partial charge in [-0.05, 0) is 25.5 Å². The highest BCUT2D eigenvalue weighted by molar-refractivity contribution is 5.87. The Morgan fingerprint density at radius 3 is 2.50 bits per heavy atom. The molecule has 2 rings (SSSR count). The topological polar surface area (TPSA) is 30.9 Å². The van der Waals surface area contributed by atoms with Crippen LogP contribution in [0.2, 0.25) is 0 Å². The van der Waals surface area contributed by atoms with Crippen LogP contribution < -0.4 is 5.73 Å². The van der Waals surface area contributed by atoms with Crippen LogP contribution in [0.5, 0.6) is 0 Å². The Bertz CT molecular complexity index is 567. The molecular formula is C13H15F3N2. The maximum absolute atomic E-state index is 13.0. The first-order valence-corrected chi connectivity index (χ1v) is 5.80. The van der Waals surface area contributed by atoms with E-state index in [0.717, 1.165) is 11.6 Å². The summed E-state index contributed by atoms with van der Waals surface area (Å²) in [5.41, 5.74) is 6.18. The number of benzene rings is 1. The summed E-state index contributed by atoms with van der Waals surface area (Å²) in [7, 11) is 0. The maximum atomic E-state index is 13.0. The lowest BCUT2D eigenvalue weighted by molar-refractivity contribution is -0.136. The van der Waals surface area contributed by atoms with Gasteiger partial charge in [-0.15, -0.1) is 0 Å². The van der Waals surface area contributed by atoms with Gasteiger partial charge in [-0.2, -0.15) is 13.2 Å². The quantitative estimate of drug-likeness (QED) is 0.872. The molecule has 98 valence electrons. The first-order valence-electron chi connectivity index (χ1n) is 5.80. The van der Waals surface area contributed by atoms with E-state index in [2.05, 4.69) is 0 Å². The third-order valence-electron chi connectivity index (χ3n) is 3.07. The fourth-order valence-electron chi connectivity index (χ4n) is 2.23. The van der Waals surface area contributed by atoms with E-state index in [4.69, 9.17) is 5.73 Å². The zero-order chi connectivity index (χ0) is 13.5. The highest BCUT2D eigenvalue weighted by atomic mass is 19.4. The van der Waals surface area contributed by atoms with Gasteiger partial charge in [-0.25, -0.2) is 0 Å². The van der Waals surface area contributed by atoms with Gasteiger partial charge in [0.15, 0.2) is 0 Å². The number of para-hydroxylation sites is 1. The molecule has 0 aliphatic rings. The highest BCUT2D eigenvalue weighted by Crippen LogP contribution is 2.37. The van der Waals surface area contributed by atoms with E-state index in [1.807, 2.05) is 6.92 Å². The molecule has 5 heteroatoms. The number of fused-ring (bicyclic) bond motifs is 1. The van der Waals surface area contributed by atoms with E-state index in [0.29, 0.717) is 11.9 Å². The zero-order valence-corrected chi connectivity index (χ0v) is 10.3. The van der Waals surface area contributed by atoms with Crippen molar-refractivity contribution in [2.45, 2.75) is 32.6 Å². The first-order chi connectivity index (χ1) is 8.36. The standard InChI is InChI=1S/C13H15F3N2/c1-3-18-7-10(8(2)17)9-5-4-6-11(12(9)18)13(14,15)16/h4-8H,3,17H2,1-2H3. The molecule has 0 saturated carbocycles. The van der Waals surface area contributed by atoms with Crippen LogP contribution in [0.3, 0.4) is 0 Å². The van der Waals surface area contributed by atoms with Crippen molar-refractivity contribution >= 4 is 10.9 Å². The third-order valence-corrected chi connectivity index (χ3v) is 3.07. The minimum Gasteiger partial charge on any atom is -0.347 e. The Morgan fingerprint density at radius 1 is 1.33 bits per heavy atom. The summed E-state index contributed by atoms with van der Waals surface area (Å²) < 4.78 is 40.6. The van der Waals surface area contributed by atoms with Crippen LogP contribution in [0.15, 0.2) is 24.4 Å². The predicted octanol–water partition coefficient (Wildman–Crippen LogP) is 3.70.